The van der Waals surface area contributed by atoms with E-state index in [9.17, 15) is 8.78 Å². The number of hydrogen-bond acceptors (Lipinski definition) is 4. The molecule has 0 aliphatic carbocycles. The first kappa shape index (κ1) is 15.7. The van der Waals surface area contributed by atoms with Gasteiger partial charge >= 0.3 is 0 Å². The first-order valence-corrected chi connectivity index (χ1v) is 6.72. The molecule has 0 aliphatic rings. The van der Waals surface area contributed by atoms with E-state index in [-0.39, 0.29) is 29.5 Å². The molecular formula is C14H11F2N5S. The van der Waals surface area contributed by atoms with Gasteiger partial charge in [0.2, 0.25) is 0 Å². The molecule has 5 nitrogen and oxygen atoms in total. The highest BCUT2D eigenvalue weighted by molar-refractivity contribution is 7.80. The van der Waals surface area contributed by atoms with Crippen LogP contribution in [-0.4, -0.2) is 21.9 Å². The van der Waals surface area contributed by atoms with Crippen LogP contribution in [0.5, 0.6) is 0 Å². The van der Waals surface area contributed by atoms with Crippen molar-refractivity contribution in [2.24, 2.45) is 0 Å². The van der Waals surface area contributed by atoms with Crippen molar-refractivity contribution < 1.29 is 8.78 Å². The molecule has 0 bridgehead atoms. The van der Waals surface area contributed by atoms with Crippen LogP contribution >= 0.6 is 12.2 Å². The van der Waals surface area contributed by atoms with E-state index in [0.717, 1.165) is 0 Å². The smallest absolute Gasteiger partial charge is 0.172 e. The lowest BCUT2D eigenvalue weighted by Crippen LogP contribution is -2.31. The van der Waals surface area contributed by atoms with Gasteiger partial charge in [-0.15, -0.1) is 5.10 Å². The molecule has 2 rings (SSSR count). The van der Waals surface area contributed by atoms with E-state index in [2.05, 4.69) is 20.8 Å². The van der Waals surface area contributed by atoms with Gasteiger partial charge in [-0.05, 0) is 36.8 Å². The second-order valence-electron chi connectivity index (χ2n) is 4.24. The number of rotatable bonds is 4. The van der Waals surface area contributed by atoms with Crippen LogP contribution in [0.2, 0.25) is 0 Å². The highest BCUT2D eigenvalue weighted by atomic mass is 32.1. The Morgan fingerprint density at radius 1 is 1.27 bits per heavy atom. The maximum Gasteiger partial charge on any atom is 0.172 e. The number of thiocarbonyl (C=S) groups is 1. The molecule has 112 valence electrons. The summed E-state index contributed by atoms with van der Waals surface area (Å²) in [5.74, 6) is -0.970. The van der Waals surface area contributed by atoms with Crippen LogP contribution in [0.4, 0.5) is 14.6 Å². The fourth-order valence-electron chi connectivity index (χ4n) is 1.74. The summed E-state index contributed by atoms with van der Waals surface area (Å²) in [6.07, 6.45) is 1.52. The van der Waals surface area contributed by atoms with Crippen molar-refractivity contribution in [1.29, 1.82) is 5.26 Å². The molecule has 0 saturated heterocycles. The Labute approximate surface area is 131 Å². The van der Waals surface area contributed by atoms with Gasteiger partial charge < -0.3 is 10.6 Å². The molecule has 0 aliphatic heterocycles. The summed E-state index contributed by atoms with van der Waals surface area (Å²) in [7, 11) is 0. The molecule has 22 heavy (non-hydrogen) atoms. The summed E-state index contributed by atoms with van der Waals surface area (Å²) >= 11 is 5.04. The Morgan fingerprint density at radius 3 is 2.68 bits per heavy atom. The van der Waals surface area contributed by atoms with Gasteiger partial charge in [-0.2, -0.15) is 10.4 Å². The van der Waals surface area contributed by atoms with Crippen molar-refractivity contribution in [3.05, 3.63) is 53.2 Å². The summed E-state index contributed by atoms with van der Waals surface area (Å²) in [6.45, 7) is 0.228. The van der Waals surface area contributed by atoms with Gasteiger partial charge in [-0.1, -0.05) is 6.07 Å². The number of anilines is 1. The fourth-order valence-corrected chi connectivity index (χ4v) is 1.94. The van der Waals surface area contributed by atoms with Crippen LogP contribution in [0.1, 0.15) is 11.1 Å². The minimum Gasteiger partial charge on any atom is -0.362 e. The molecule has 1 aromatic carbocycles. The standard InChI is InChI=1S/C14H11F2N5S/c15-11-2-1-3-12(16)10(11)5-6-18-14(22)20-13-9(8-17)4-7-19-21-13/h1-4,7H,5-6H2,(H2,18,20,21,22). The number of benzene rings is 1. The lowest BCUT2D eigenvalue weighted by Gasteiger charge is -2.10. The van der Waals surface area contributed by atoms with Crippen molar-refractivity contribution >= 4 is 23.1 Å². The Bertz CT molecular complexity index is 709. The van der Waals surface area contributed by atoms with Crippen molar-refractivity contribution in [1.82, 2.24) is 15.5 Å². The van der Waals surface area contributed by atoms with Crippen LogP contribution < -0.4 is 10.6 Å². The zero-order valence-electron chi connectivity index (χ0n) is 11.3. The number of nitriles is 1. The third kappa shape index (κ3) is 3.93. The van der Waals surface area contributed by atoms with E-state index < -0.39 is 11.6 Å². The van der Waals surface area contributed by atoms with Gasteiger partial charge in [-0.25, -0.2) is 8.78 Å². The molecule has 1 aromatic heterocycles. The quantitative estimate of drug-likeness (QED) is 0.841. The monoisotopic (exact) mass is 319 g/mol. The molecule has 0 saturated carbocycles. The zero-order chi connectivity index (χ0) is 15.9. The number of nitrogens with one attached hydrogen (secondary N) is 2. The Morgan fingerprint density at radius 2 is 2.00 bits per heavy atom. The molecular weight excluding hydrogens is 308 g/mol. The van der Waals surface area contributed by atoms with E-state index in [1.807, 2.05) is 6.07 Å². The first-order valence-electron chi connectivity index (χ1n) is 6.31. The normalized spacial score (nSPS) is 9.86. The van der Waals surface area contributed by atoms with E-state index in [1.54, 1.807) is 0 Å². The summed E-state index contributed by atoms with van der Waals surface area (Å²) in [4.78, 5) is 0. The molecule has 0 amide bonds. The fraction of sp³-hybridized carbons (Fsp3) is 0.143. The Balaban J connectivity index is 1.90. The van der Waals surface area contributed by atoms with Crippen LogP contribution in [-0.2, 0) is 6.42 Å². The Hall–Kier alpha value is -2.66. The van der Waals surface area contributed by atoms with Crippen molar-refractivity contribution in [2.45, 2.75) is 6.42 Å². The van der Waals surface area contributed by atoms with Crippen molar-refractivity contribution in [2.75, 3.05) is 11.9 Å². The van der Waals surface area contributed by atoms with E-state index in [1.165, 1.54) is 30.5 Å². The number of halogens is 2. The van der Waals surface area contributed by atoms with Gasteiger partial charge in [-0.3, -0.25) is 0 Å². The van der Waals surface area contributed by atoms with Crippen molar-refractivity contribution in [3.8, 4) is 6.07 Å². The third-order valence-electron chi connectivity index (χ3n) is 2.80. The topological polar surface area (TPSA) is 73.6 Å². The highest BCUT2D eigenvalue weighted by Gasteiger charge is 2.09. The van der Waals surface area contributed by atoms with Crippen molar-refractivity contribution in [3.63, 3.8) is 0 Å². The molecule has 8 heteroatoms. The third-order valence-corrected chi connectivity index (χ3v) is 3.04. The molecule has 0 spiro atoms. The van der Waals surface area contributed by atoms with Crippen LogP contribution in [0.3, 0.4) is 0 Å². The molecule has 0 fully saturated rings. The van der Waals surface area contributed by atoms with Gasteiger partial charge in [0.25, 0.3) is 0 Å². The van der Waals surface area contributed by atoms with Crippen LogP contribution in [0.25, 0.3) is 0 Å². The summed E-state index contributed by atoms with van der Waals surface area (Å²) in [6, 6.07) is 7.15. The second kappa shape index (κ2) is 7.38. The average molecular weight is 319 g/mol. The molecule has 2 aromatic rings. The minimum absolute atomic E-state index is 0.00461. The largest absolute Gasteiger partial charge is 0.362 e. The van der Waals surface area contributed by atoms with E-state index >= 15 is 0 Å². The maximum absolute atomic E-state index is 13.4. The zero-order valence-corrected chi connectivity index (χ0v) is 12.1. The molecule has 2 N–H and O–H groups in total. The first-order chi connectivity index (χ1) is 10.6. The minimum atomic E-state index is -0.596. The van der Waals surface area contributed by atoms with Gasteiger partial charge in [0.15, 0.2) is 10.9 Å². The number of hydrogen-bond donors (Lipinski definition) is 2. The summed E-state index contributed by atoms with van der Waals surface area (Å²) < 4.78 is 26.9. The molecule has 1 heterocycles. The second-order valence-corrected chi connectivity index (χ2v) is 4.64. The number of aromatic nitrogens is 2. The van der Waals surface area contributed by atoms with E-state index in [0.29, 0.717) is 5.56 Å². The average Bonchev–Trinajstić information content (AvgIpc) is 2.51. The predicted molar refractivity (Wildman–Crippen MR) is 81.0 cm³/mol. The van der Waals surface area contributed by atoms with Crippen LogP contribution in [0, 0.1) is 23.0 Å². The molecule has 0 atom stereocenters. The predicted octanol–water partition coefficient (Wildman–Crippen LogP) is 2.16. The maximum atomic E-state index is 13.4. The Kier molecular flexibility index (Phi) is 5.27. The lowest BCUT2D eigenvalue weighted by molar-refractivity contribution is 0.553. The van der Waals surface area contributed by atoms with Crippen LogP contribution in [0.15, 0.2) is 30.5 Å². The SMILES string of the molecule is N#Cc1ccnnc1NC(=S)NCCc1c(F)cccc1F. The highest BCUT2D eigenvalue weighted by Crippen LogP contribution is 2.12. The summed E-state index contributed by atoms with van der Waals surface area (Å²) in [5, 5.41) is 22.0. The lowest BCUT2D eigenvalue weighted by atomic mass is 10.1. The number of nitrogens with zero attached hydrogens (tertiary/aromatic N) is 3. The molecule has 0 unspecified atom stereocenters. The summed E-state index contributed by atoms with van der Waals surface area (Å²) in [5.41, 5.74) is 0.286. The van der Waals surface area contributed by atoms with Gasteiger partial charge in [0, 0.05) is 12.1 Å². The van der Waals surface area contributed by atoms with Gasteiger partial charge in [0.1, 0.15) is 17.7 Å². The molecule has 0 radical (unpaired) electrons. The van der Waals surface area contributed by atoms with Gasteiger partial charge in [0.05, 0.1) is 11.8 Å². The van der Waals surface area contributed by atoms with E-state index in [4.69, 9.17) is 17.5 Å².